The lowest BCUT2D eigenvalue weighted by molar-refractivity contribution is -0.153. The smallest absolute Gasteiger partial charge is 0.332 e. The molecule has 0 saturated carbocycles. The number of sulfonamides is 1. The molecule has 0 heterocycles. The normalized spacial score (nSPS) is 11.6. The van der Waals surface area contributed by atoms with E-state index in [0.717, 1.165) is 12.2 Å². The topological polar surface area (TPSA) is 154 Å². The van der Waals surface area contributed by atoms with Crippen molar-refractivity contribution in [2.24, 2.45) is 5.14 Å². The molecule has 1 atom stereocenters. The fourth-order valence-electron chi connectivity index (χ4n) is 1.55. The number of benzene rings is 1. The van der Waals surface area contributed by atoms with Crippen LogP contribution in [0.25, 0.3) is 0 Å². The maximum Gasteiger partial charge on any atom is 0.332 e. The van der Waals surface area contributed by atoms with Gasteiger partial charge in [0.2, 0.25) is 16.3 Å². The largest absolute Gasteiger partial charge is 0.456 e. The van der Waals surface area contributed by atoms with Gasteiger partial charge < -0.3 is 14.8 Å². The SMILES string of the molecule is C=CC(=O)OCC(NC(=O)Nc1ccc(S(N)(=O)=O)cc1)OC(=O)C=C. The fraction of sp³-hybridized carbons (Fsp3) is 0.133. The molecule has 1 unspecified atom stereocenters. The van der Waals surface area contributed by atoms with Gasteiger partial charge in [-0.25, -0.2) is 27.9 Å². The summed E-state index contributed by atoms with van der Waals surface area (Å²) in [4.78, 5) is 34.2. The van der Waals surface area contributed by atoms with E-state index in [0.29, 0.717) is 0 Å². The molecule has 0 fully saturated rings. The maximum atomic E-state index is 11.9. The summed E-state index contributed by atoms with van der Waals surface area (Å²) in [6.07, 6.45) is 0.487. The van der Waals surface area contributed by atoms with E-state index < -0.39 is 40.8 Å². The Balaban J connectivity index is 2.72. The maximum absolute atomic E-state index is 11.9. The van der Waals surface area contributed by atoms with Crippen LogP contribution in [-0.4, -0.2) is 39.2 Å². The van der Waals surface area contributed by atoms with Crippen molar-refractivity contribution in [1.29, 1.82) is 0 Å². The quantitative estimate of drug-likeness (QED) is 0.330. The number of amides is 2. The molecule has 0 aliphatic carbocycles. The van der Waals surface area contributed by atoms with Crippen LogP contribution in [0.1, 0.15) is 0 Å². The van der Waals surface area contributed by atoms with Gasteiger partial charge in [0.05, 0.1) is 4.90 Å². The molecule has 0 radical (unpaired) electrons. The highest BCUT2D eigenvalue weighted by Crippen LogP contribution is 2.12. The van der Waals surface area contributed by atoms with Crippen molar-refractivity contribution in [3.8, 4) is 0 Å². The van der Waals surface area contributed by atoms with Crippen molar-refractivity contribution in [1.82, 2.24) is 5.32 Å². The van der Waals surface area contributed by atoms with Gasteiger partial charge in [0.15, 0.2) is 0 Å². The number of anilines is 1. The van der Waals surface area contributed by atoms with Gasteiger partial charge >= 0.3 is 18.0 Å². The van der Waals surface area contributed by atoms with Crippen LogP contribution in [0, 0.1) is 0 Å². The number of nitrogens with one attached hydrogen (secondary N) is 2. The average Bonchev–Trinajstić information content (AvgIpc) is 2.58. The highest BCUT2D eigenvalue weighted by molar-refractivity contribution is 7.89. The van der Waals surface area contributed by atoms with Gasteiger partial charge in [0.25, 0.3) is 0 Å². The molecule has 0 saturated heterocycles. The summed E-state index contributed by atoms with van der Waals surface area (Å²) in [5, 5.41) is 9.61. The molecule has 0 spiro atoms. The first-order chi connectivity index (χ1) is 12.2. The first-order valence-corrected chi connectivity index (χ1v) is 8.53. The molecule has 0 bridgehead atoms. The summed E-state index contributed by atoms with van der Waals surface area (Å²) in [6, 6.07) is 4.21. The Morgan fingerprint density at radius 1 is 1.12 bits per heavy atom. The minimum Gasteiger partial charge on any atom is -0.456 e. The third-order valence-corrected chi connectivity index (χ3v) is 3.63. The van der Waals surface area contributed by atoms with Crippen LogP contribution in [0.2, 0.25) is 0 Å². The zero-order valence-electron chi connectivity index (χ0n) is 13.5. The van der Waals surface area contributed by atoms with Gasteiger partial charge in [0, 0.05) is 17.8 Å². The number of primary sulfonamides is 1. The lowest BCUT2D eigenvalue weighted by Gasteiger charge is -2.18. The number of esters is 2. The second-order valence-corrected chi connectivity index (χ2v) is 6.19. The lowest BCUT2D eigenvalue weighted by Crippen LogP contribution is -2.43. The van der Waals surface area contributed by atoms with Crippen molar-refractivity contribution in [2.45, 2.75) is 11.1 Å². The van der Waals surface area contributed by atoms with Crippen LogP contribution in [0.4, 0.5) is 10.5 Å². The second-order valence-electron chi connectivity index (χ2n) is 4.63. The van der Waals surface area contributed by atoms with Gasteiger partial charge in [-0.05, 0) is 24.3 Å². The van der Waals surface area contributed by atoms with E-state index in [1.807, 2.05) is 0 Å². The Labute approximate surface area is 149 Å². The fourth-order valence-corrected chi connectivity index (χ4v) is 2.07. The molecule has 140 valence electrons. The van der Waals surface area contributed by atoms with E-state index in [4.69, 9.17) is 14.6 Å². The zero-order valence-corrected chi connectivity index (χ0v) is 14.3. The third-order valence-electron chi connectivity index (χ3n) is 2.70. The number of ether oxygens (including phenoxy) is 2. The zero-order chi connectivity index (χ0) is 19.7. The molecule has 11 heteroatoms. The number of hydrogen-bond acceptors (Lipinski definition) is 7. The van der Waals surface area contributed by atoms with Gasteiger partial charge in [-0.2, -0.15) is 0 Å². The number of carbonyl (C=O) groups is 3. The van der Waals surface area contributed by atoms with Crippen LogP contribution in [0.3, 0.4) is 0 Å². The number of carbonyl (C=O) groups excluding carboxylic acids is 3. The highest BCUT2D eigenvalue weighted by Gasteiger charge is 2.18. The van der Waals surface area contributed by atoms with Crippen molar-refractivity contribution in [2.75, 3.05) is 11.9 Å². The van der Waals surface area contributed by atoms with Crippen LogP contribution >= 0.6 is 0 Å². The summed E-state index contributed by atoms with van der Waals surface area (Å²) in [6.45, 7) is 5.96. The molecule has 1 rings (SSSR count). The summed E-state index contributed by atoms with van der Waals surface area (Å²) in [5.41, 5.74) is 0.242. The molecular formula is C15H17N3O7S. The lowest BCUT2D eigenvalue weighted by atomic mass is 10.3. The van der Waals surface area contributed by atoms with Crippen molar-refractivity contribution >= 4 is 33.7 Å². The standard InChI is InChI=1S/C15H17N3O7S/c1-3-13(19)24-9-12(25-14(20)4-2)18-15(21)17-10-5-7-11(8-6-10)26(16,22)23/h3-8,12H,1-2,9H2,(H2,16,22,23)(H2,17,18,21). The third kappa shape index (κ3) is 7.15. The molecular weight excluding hydrogens is 366 g/mol. The van der Waals surface area contributed by atoms with Crippen LogP contribution in [-0.2, 0) is 29.1 Å². The molecule has 4 N–H and O–H groups in total. The number of hydrogen-bond donors (Lipinski definition) is 3. The highest BCUT2D eigenvalue weighted by atomic mass is 32.2. The van der Waals surface area contributed by atoms with Crippen LogP contribution in [0.15, 0.2) is 54.5 Å². The molecule has 1 aromatic carbocycles. The summed E-state index contributed by atoms with van der Waals surface area (Å²) in [7, 11) is -3.85. The van der Waals surface area contributed by atoms with E-state index in [1.165, 1.54) is 24.3 Å². The summed E-state index contributed by atoms with van der Waals surface area (Å²) < 4.78 is 31.9. The monoisotopic (exact) mass is 383 g/mol. The minimum absolute atomic E-state index is 0.127. The predicted molar refractivity (Wildman–Crippen MR) is 91.2 cm³/mol. The van der Waals surface area contributed by atoms with E-state index in [-0.39, 0.29) is 10.6 Å². The van der Waals surface area contributed by atoms with E-state index in [9.17, 15) is 22.8 Å². The Hall–Kier alpha value is -3.18. The molecule has 26 heavy (non-hydrogen) atoms. The minimum atomic E-state index is -3.85. The van der Waals surface area contributed by atoms with Gasteiger partial charge in [-0.3, -0.25) is 5.32 Å². The summed E-state index contributed by atoms with van der Waals surface area (Å²) in [5.74, 6) is -1.62. The predicted octanol–water partition coefficient (Wildman–Crippen LogP) is 0.240. The Kier molecular flexibility index (Phi) is 7.50. The average molecular weight is 383 g/mol. The number of urea groups is 1. The van der Waals surface area contributed by atoms with Gasteiger partial charge in [0.1, 0.15) is 6.61 Å². The van der Waals surface area contributed by atoms with Gasteiger partial charge in [-0.15, -0.1) is 0 Å². The molecule has 0 aromatic heterocycles. The van der Waals surface area contributed by atoms with E-state index in [1.54, 1.807) is 0 Å². The van der Waals surface area contributed by atoms with Crippen molar-refractivity contribution in [3.63, 3.8) is 0 Å². The Morgan fingerprint density at radius 2 is 1.69 bits per heavy atom. The van der Waals surface area contributed by atoms with Crippen LogP contribution < -0.4 is 15.8 Å². The molecule has 0 aliphatic heterocycles. The Bertz CT molecular complexity index is 803. The number of nitrogens with two attached hydrogens (primary N) is 1. The van der Waals surface area contributed by atoms with Crippen molar-refractivity contribution in [3.05, 3.63) is 49.6 Å². The van der Waals surface area contributed by atoms with E-state index in [2.05, 4.69) is 23.8 Å². The molecule has 2 amide bonds. The molecule has 0 aliphatic rings. The molecule has 10 nitrogen and oxygen atoms in total. The van der Waals surface area contributed by atoms with Gasteiger partial charge in [-0.1, -0.05) is 13.2 Å². The summed E-state index contributed by atoms with van der Waals surface area (Å²) >= 11 is 0. The van der Waals surface area contributed by atoms with E-state index >= 15 is 0 Å². The van der Waals surface area contributed by atoms with Crippen LogP contribution in [0.5, 0.6) is 0 Å². The molecule has 1 aromatic rings. The Morgan fingerprint density at radius 3 is 2.19 bits per heavy atom. The first kappa shape index (κ1) is 20.9. The van der Waals surface area contributed by atoms with Crippen molar-refractivity contribution < 1.29 is 32.3 Å². The first-order valence-electron chi connectivity index (χ1n) is 6.98. The number of rotatable bonds is 8. The second kappa shape index (κ2) is 9.34.